The summed E-state index contributed by atoms with van der Waals surface area (Å²) in [6.45, 7) is 0.966. The van der Waals surface area contributed by atoms with E-state index in [2.05, 4.69) is 5.16 Å². The molecule has 0 radical (unpaired) electrons. The van der Waals surface area contributed by atoms with Gasteiger partial charge in [0, 0.05) is 37.9 Å². The molecule has 8 nitrogen and oxygen atoms in total. The lowest BCUT2D eigenvalue weighted by Gasteiger charge is -2.35. The minimum atomic E-state index is -0.868. The van der Waals surface area contributed by atoms with Crippen molar-refractivity contribution >= 4 is 17.5 Å². The van der Waals surface area contributed by atoms with E-state index in [1.54, 1.807) is 7.11 Å². The van der Waals surface area contributed by atoms with Gasteiger partial charge in [-0.1, -0.05) is 11.2 Å². The number of benzene rings is 2. The topological polar surface area (TPSA) is 107 Å². The van der Waals surface area contributed by atoms with Crippen LogP contribution in [0.4, 0.5) is 19.3 Å². The Kier molecular flexibility index (Phi) is 7.81. The quantitative estimate of drug-likeness (QED) is 0.556. The van der Waals surface area contributed by atoms with Gasteiger partial charge in [-0.3, -0.25) is 0 Å². The van der Waals surface area contributed by atoms with Gasteiger partial charge in [-0.2, -0.15) is 0 Å². The molecule has 2 aliphatic heterocycles. The molecule has 0 aromatic heterocycles. The number of nitrogens with two attached hydrogens (primary N) is 1. The van der Waals surface area contributed by atoms with Crippen LogP contribution < -0.4 is 15.2 Å². The fraction of sp³-hybridized carbons (Fsp3) is 0.462. The molecule has 3 aliphatic rings. The molecule has 5 rings (SSSR count). The van der Waals surface area contributed by atoms with E-state index in [-0.39, 0.29) is 11.7 Å². The van der Waals surface area contributed by atoms with Crippen molar-refractivity contribution in [2.45, 2.75) is 56.7 Å². The number of oxime groups is 1. The van der Waals surface area contributed by atoms with Gasteiger partial charge in [0.25, 0.3) is 0 Å². The van der Waals surface area contributed by atoms with Crippen molar-refractivity contribution in [3.8, 4) is 11.5 Å². The summed E-state index contributed by atoms with van der Waals surface area (Å²) >= 11 is 0. The average molecular weight is 504 g/mol. The van der Waals surface area contributed by atoms with E-state index < -0.39 is 23.4 Å². The summed E-state index contributed by atoms with van der Waals surface area (Å²) in [5.74, 6) is 0.0610. The zero-order valence-electron chi connectivity index (χ0n) is 20.2. The second-order valence-corrected chi connectivity index (χ2v) is 9.28. The third-order valence-corrected chi connectivity index (χ3v) is 6.88. The maximum Gasteiger partial charge on any atom is 0.407 e. The molecule has 1 spiro atoms. The molecule has 2 heterocycles. The lowest BCUT2D eigenvalue weighted by molar-refractivity contribution is -0.0576. The third kappa shape index (κ3) is 5.80. The number of nitrogen functional groups attached to an aromatic ring is 1. The summed E-state index contributed by atoms with van der Waals surface area (Å²) in [5.41, 5.74) is 5.99. The molecule has 0 unspecified atom stereocenters. The lowest BCUT2D eigenvalue weighted by atomic mass is 9.85. The first kappa shape index (κ1) is 25.5. The van der Waals surface area contributed by atoms with Crippen molar-refractivity contribution in [2.24, 2.45) is 5.16 Å². The van der Waals surface area contributed by atoms with Crippen LogP contribution in [0.1, 0.15) is 50.5 Å². The Hall–Kier alpha value is -3.56. The van der Waals surface area contributed by atoms with Gasteiger partial charge in [0.15, 0.2) is 11.5 Å². The lowest BCUT2D eigenvalue weighted by Crippen LogP contribution is -2.46. The largest absolute Gasteiger partial charge is 0.493 e. The van der Waals surface area contributed by atoms with Crippen LogP contribution in [0.25, 0.3) is 0 Å². The maximum absolute atomic E-state index is 12.2. The number of piperidine rings is 1. The Balaban J connectivity index is 0.000000286. The first-order chi connectivity index (χ1) is 17.3. The highest BCUT2D eigenvalue weighted by molar-refractivity contribution is 6.02. The molecule has 2 aromatic rings. The summed E-state index contributed by atoms with van der Waals surface area (Å²) < 4.78 is 36.1. The number of anilines is 1. The zero-order chi connectivity index (χ0) is 25.7. The van der Waals surface area contributed by atoms with Gasteiger partial charge in [0.1, 0.15) is 22.9 Å². The van der Waals surface area contributed by atoms with Crippen molar-refractivity contribution in [3.63, 3.8) is 0 Å². The Bertz CT molecular complexity index is 1090. The number of para-hydroxylation sites is 1. The second kappa shape index (κ2) is 11.0. The van der Waals surface area contributed by atoms with Crippen molar-refractivity contribution in [1.29, 1.82) is 0 Å². The highest BCUT2D eigenvalue weighted by atomic mass is 19.1. The van der Waals surface area contributed by atoms with E-state index in [0.29, 0.717) is 32.4 Å². The Morgan fingerprint density at radius 3 is 2.39 bits per heavy atom. The molecular weight excluding hydrogens is 472 g/mol. The van der Waals surface area contributed by atoms with Crippen molar-refractivity contribution in [3.05, 3.63) is 53.6 Å². The number of likely N-dealkylation sites (tertiary alicyclic amines) is 1. The van der Waals surface area contributed by atoms with Crippen molar-refractivity contribution in [1.82, 2.24) is 4.90 Å². The molecule has 0 bridgehead atoms. The molecule has 36 heavy (non-hydrogen) atoms. The number of ether oxygens (including phenoxy) is 2. The summed E-state index contributed by atoms with van der Waals surface area (Å²) in [4.78, 5) is 18.4. The number of halogens is 2. The van der Waals surface area contributed by atoms with Gasteiger partial charge in [0.05, 0.1) is 18.9 Å². The van der Waals surface area contributed by atoms with Crippen LogP contribution in [-0.2, 0) is 4.84 Å². The normalized spacial score (nSPS) is 18.8. The van der Waals surface area contributed by atoms with Gasteiger partial charge >= 0.3 is 6.09 Å². The maximum atomic E-state index is 12.2. The van der Waals surface area contributed by atoms with Crippen LogP contribution in [0, 0.1) is 11.6 Å². The Labute approximate surface area is 208 Å². The minimum Gasteiger partial charge on any atom is -0.493 e. The SMILES string of the molecule is COc1ccc(C2=NOC3(CCN(C(=O)O)CC3)C2)cc1OC1CCCC1.Nc1c(F)cccc1F. The molecule has 0 atom stereocenters. The van der Waals surface area contributed by atoms with Gasteiger partial charge < -0.3 is 30.1 Å². The smallest absolute Gasteiger partial charge is 0.407 e. The number of nitrogens with zero attached hydrogens (tertiary/aromatic N) is 2. The standard InChI is InChI=1S/C20H26N2O5.C6H5F2N/c1-25-17-7-6-14(12-18(17)26-15-4-2-3-5-15)16-13-20(27-21-16)8-10-22(11-9-20)19(23)24;7-4-2-1-3-5(8)6(4)9/h6-7,12,15H,2-5,8-11,13H2,1H3,(H,23,24);1-3H,9H2. The number of hydrogen-bond donors (Lipinski definition) is 2. The number of methoxy groups -OCH3 is 1. The predicted octanol–water partition coefficient (Wildman–Crippen LogP) is 5.20. The molecule has 2 fully saturated rings. The summed E-state index contributed by atoms with van der Waals surface area (Å²) in [6, 6.07) is 9.37. The fourth-order valence-corrected chi connectivity index (χ4v) is 4.69. The van der Waals surface area contributed by atoms with Crippen LogP contribution in [0.15, 0.2) is 41.6 Å². The van der Waals surface area contributed by atoms with Crippen LogP contribution in [0.5, 0.6) is 11.5 Å². The van der Waals surface area contributed by atoms with Gasteiger partial charge in [-0.15, -0.1) is 0 Å². The van der Waals surface area contributed by atoms with Gasteiger partial charge in [0.2, 0.25) is 0 Å². The summed E-state index contributed by atoms with van der Waals surface area (Å²) in [7, 11) is 1.65. The first-order valence-electron chi connectivity index (χ1n) is 12.1. The van der Waals surface area contributed by atoms with Crippen LogP contribution in [0.2, 0.25) is 0 Å². The van der Waals surface area contributed by atoms with E-state index in [9.17, 15) is 13.6 Å². The summed E-state index contributed by atoms with van der Waals surface area (Å²) in [6.07, 6.45) is 5.99. The van der Waals surface area contributed by atoms with Crippen LogP contribution in [-0.4, -0.2) is 53.7 Å². The molecule has 1 saturated carbocycles. The zero-order valence-corrected chi connectivity index (χ0v) is 20.2. The molecule has 1 amide bonds. The van der Waals surface area contributed by atoms with E-state index in [0.717, 1.165) is 47.7 Å². The Morgan fingerprint density at radius 1 is 1.14 bits per heavy atom. The van der Waals surface area contributed by atoms with E-state index >= 15 is 0 Å². The van der Waals surface area contributed by atoms with Gasteiger partial charge in [-0.05, 0) is 56.0 Å². The molecule has 10 heteroatoms. The average Bonchev–Trinajstić information content (AvgIpc) is 3.54. The highest BCUT2D eigenvalue weighted by Crippen LogP contribution is 2.38. The number of carbonyl (C=O) groups is 1. The van der Waals surface area contributed by atoms with Crippen LogP contribution in [0.3, 0.4) is 0 Å². The number of hydrogen-bond acceptors (Lipinski definition) is 6. The molecule has 1 aliphatic carbocycles. The Morgan fingerprint density at radius 2 is 1.81 bits per heavy atom. The highest BCUT2D eigenvalue weighted by Gasteiger charge is 2.43. The molecule has 194 valence electrons. The predicted molar refractivity (Wildman–Crippen MR) is 130 cm³/mol. The monoisotopic (exact) mass is 503 g/mol. The molecule has 2 aromatic carbocycles. The summed E-state index contributed by atoms with van der Waals surface area (Å²) in [5, 5.41) is 13.5. The fourth-order valence-electron chi connectivity index (χ4n) is 4.69. The third-order valence-electron chi connectivity index (χ3n) is 6.88. The molecular formula is C26H31F2N3O5. The number of carboxylic acid groups (broad SMARTS) is 1. The van der Waals surface area contributed by atoms with Crippen molar-refractivity contribution < 1.29 is 33.0 Å². The van der Waals surface area contributed by atoms with E-state index in [1.165, 1.54) is 23.8 Å². The number of rotatable bonds is 4. The number of amides is 1. The minimum absolute atomic E-state index is 0.252. The van der Waals surface area contributed by atoms with E-state index in [1.807, 2.05) is 18.2 Å². The second-order valence-electron chi connectivity index (χ2n) is 9.28. The van der Waals surface area contributed by atoms with Crippen LogP contribution >= 0.6 is 0 Å². The first-order valence-corrected chi connectivity index (χ1v) is 12.1. The molecule has 1 saturated heterocycles. The van der Waals surface area contributed by atoms with Crippen molar-refractivity contribution in [2.75, 3.05) is 25.9 Å². The van der Waals surface area contributed by atoms with Gasteiger partial charge in [-0.25, -0.2) is 13.6 Å². The van der Waals surface area contributed by atoms with E-state index in [4.69, 9.17) is 25.2 Å². The molecule has 3 N–H and O–H groups in total.